The smallest absolute Gasteiger partial charge is 0.188 e. The van der Waals surface area contributed by atoms with Gasteiger partial charge in [-0.3, -0.25) is 0 Å². The van der Waals surface area contributed by atoms with E-state index < -0.39 is 0 Å². The number of halogens is 1. The van der Waals surface area contributed by atoms with Crippen LogP contribution in [-0.4, -0.2) is 28.6 Å². The van der Waals surface area contributed by atoms with Gasteiger partial charge in [0.15, 0.2) is 11.6 Å². The Morgan fingerprint density at radius 3 is 2.60 bits per heavy atom. The zero-order valence-corrected chi connectivity index (χ0v) is 22.7. The van der Waals surface area contributed by atoms with E-state index in [0.717, 1.165) is 62.1 Å². The molecular formula is C34H35FN4O. The molecule has 0 amide bonds. The van der Waals surface area contributed by atoms with Gasteiger partial charge < -0.3 is 15.4 Å². The predicted octanol–water partition coefficient (Wildman–Crippen LogP) is 7.27. The van der Waals surface area contributed by atoms with Crippen LogP contribution in [0.1, 0.15) is 55.6 Å². The van der Waals surface area contributed by atoms with Crippen molar-refractivity contribution < 1.29 is 9.13 Å². The Morgan fingerprint density at radius 1 is 0.925 bits per heavy atom. The molecule has 1 saturated heterocycles. The fourth-order valence-electron chi connectivity index (χ4n) is 7.09. The van der Waals surface area contributed by atoms with Crippen LogP contribution in [0.3, 0.4) is 0 Å². The van der Waals surface area contributed by atoms with Crippen LogP contribution in [-0.2, 0) is 6.42 Å². The quantitative estimate of drug-likeness (QED) is 0.270. The highest BCUT2D eigenvalue weighted by Gasteiger charge is 2.49. The first kappa shape index (κ1) is 25.2. The summed E-state index contributed by atoms with van der Waals surface area (Å²) in [6, 6.07) is 23.6. The van der Waals surface area contributed by atoms with E-state index in [2.05, 4.69) is 63.4 Å². The molecule has 0 radical (unpaired) electrons. The highest BCUT2D eigenvalue weighted by molar-refractivity contribution is 5.75. The SMILES string of the molecule is NC1(Cc2ccccc2)CCC2(CCN(c3ncncc3Oc3ccc(F)cc3-c3ccccc3C3CC3)C2)C1. The van der Waals surface area contributed by atoms with E-state index in [9.17, 15) is 4.39 Å². The van der Waals surface area contributed by atoms with Crippen LogP contribution in [0.4, 0.5) is 10.2 Å². The average Bonchev–Trinajstić information content (AvgIpc) is 3.67. The number of ether oxygens (including phenoxy) is 1. The number of hydrogen-bond acceptors (Lipinski definition) is 5. The number of rotatable bonds is 7. The van der Waals surface area contributed by atoms with Crippen molar-refractivity contribution in [2.45, 2.75) is 56.4 Å². The molecule has 40 heavy (non-hydrogen) atoms. The highest BCUT2D eigenvalue weighted by atomic mass is 19.1. The third kappa shape index (κ3) is 4.97. The lowest BCUT2D eigenvalue weighted by Crippen LogP contribution is -2.41. The Hall–Kier alpha value is -3.77. The predicted molar refractivity (Wildman–Crippen MR) is 156 cm³/mol. The van der Waals surface area contributed by atoms with Crippen LogP contribution in [0.2, 0.25) is 0 Å². The maximum absolute atomic E-state index is 14.5. The van der Waals surface area contributed by atoms with Crippen LogP contribution in [0.25, 0.3) is 11.1 Å². The minimum Gasteiger partial charge on any atom is -0.451 e. The summed E-state index contributed by atoms with van der Waals surface area (Å²) in [4.78, 5) is 11.3. The van der Waals surface area contributed by atoms with Crippen LogP contribution in [0, 0.1) is 11.2 Å². The number of anilines is 1. The van der Waals surface area contributed by atoms with E-state index in [1.807, 2.05) is 6.07 Å². The molecule has 3 fully saturated rings. The monoisotopic (exact) mass is 534 g/mol. The fraction of sp³-hybridized carbons (Fsp3) is 0.353. The molecule has 0 bridgehead atoms. The van der Waals surface area contributed by atoms with E-state index >= 15 is 0 Å². The van der Waals surface area contributed by atoms with E-state index in [0.29, 0.717) is 17.4 Å². The van der Waals surface area contributed by atoms with Gasteiger partial charge in [-0.1, -0.05) is 54.6 Å². The summed E-state index contributed by atoms with van der Waals surface area (Å²) < 4.78 is 21.0. The van der Waals surface area contributed by atoms with Gasteiger partial charge in [-0.25, -0.2) is 14.4 Å². The van der Waals surface area contributed by atoms with Crippen molar-refractivity contribution in [1.82, 2.24) is 9.97 Å². The summed E-state index contributed by atoms with van der Waals surface area (Å²) in [6.45, 7) is 1.80. The molecule has 3 aliphatic rings. The Kier molecular flexibility index (Phi) is 6.31. The Labute approximate surface area is 235 Å². The van der Waals surface area contributed by atoms with Gasteiger partial charge in [-0.2, -0.15) is 0 Å². The summed E-state index contributed by atoms with van der Waals surface area (Å²) in [6.07, 6.45) is 10.8. The Bertz CT molecular complexity index is 1520. The summed E-state index contributed by atoms with van der Waals surface area (Å²) in [5, 5.41) is 0. The van der Waals surface area contributed by atoms with Crippen LogP contribution in [0.15, 0.2) is 85.3 Å². The minimum absolute atomic E-state index is 0.177. The Balaban J connectivity index is 1.14. The van der Waals surface area contributed by atoms with Gasteiger partial charge in [0.2, 0.25) is 0 Å². The molecular weight excluding hydrogens is 499 g/mol. The second kappa shape index (κ2) is 10.0. The molecule has 1 aliphatic heterocycles. The van der Waals surface area contributed by atoms with Gasteiger partial charge in [0.1, 0.15) is 17.9 Å². The average molecular weight is 535 g/mol. The van der Waals surface area contributed by atoms with E-state index in [-0.39, 0.29) is 16.8 Å². The first-order valence-corrected chi connectivity index (χ1v) is 14.4. The summed E-state index contributed by atoms with van der Waals surface area (Å²) in [7, 11) is 0. The lowest BCUT2D eigenvalue weighted by Gasteiger charge is -2.29. The van der Waals surface area contributed by atoms with Crippen molar-refractivity contribution >= 4 is 5.82 Å². The first-order chi connectivity index (χ1) is 19.5. The molecule has 2 heterocycles. The van der Waals surface area contributed by atoms with Gasteiger partial charge in [-0.15, -0.1) is 0 Å². The third-order valence-corrected chi connectivity index (χ3v) is 9.11. The van der Waals surface area contributed by atoms with Gasteiger partial charge in [0, 0.05) is 24.2 Å². The van der Waals surface area contributed by atoms with Crippen LogP contribution < -0.4 is 15.4 Å². The van der Waals surface area contributed by atoms with Crippen molar-refractivity contribution in [3.05, 3.63) is 102 Å². The van der Waals surface area contributed by atoms with Gasteiger partial charge in [0.25, 0.3) is 0 Å². The highest BCUT2D eigenvalue weighted by Crippen LogP contribution is 2.52. The van der Waals surface area contributed by atoms with E-state index in [1.165, 1.54) is 30.0 Å². The van der Waals surface area contributed by atoms with E-state index in [1.54, 1.807) is 24.7 Å². The lowest BCUT2D eigenvalue weighted by molar-refractivity contribution is 0.304. The minimum atomic E-state index is -0.277. The normalized spacial score (nSPS) is 24.1. The number of nitrogens with zero attached hydrogens (tertiary/aromatic N) is 3. The van der Waals surface area contributed by atoms with Crippen LogP contribution >= 0.6 is 0 Å². The zero-order valence-electron chi connectivity index (χ0n) is 22.7. The van der Waals surface area contributed by atoms with Gasteiger partial charge >= 0.3 is 0 Å². The third-order valence-electron chi connectivity index (χ3n) is 9.11. The second-order valence-electron chi connectivity index (χ2n) is 12.2. The molecule has 4 aromatic rings. The molecule has 204 valence electrons. The lowest BCUT2D eigenvalue weighted by atomic mass is 9.81. The molecule has 2 saturated carbocycles. The largest absolute Gasteiger partial charge is 0.451 e. The molecule has 1 spiro atoms. The number of aromatic nitrogens is 2. The molecule has 2 atom stereocenters. The van der Waals surface area contributed by atoms with Crippen molar-refractivity contribution in [2.24, 2.45) is 11.1 Å². The topological polar surface area (TPSA) is 64.3 Å². The molecule has 1 aromatic heterocycles. The number of hydrogen-bond donors (Lipinski definition) is 1. The standard InChI is InChI=1S/C34H35FN4O/c35-26-12-13-30(29(18-26)28-9-5-4-8-27(28)25-10-11-25)40-31-20-37-23-38-32(31)39-17-16-33(22-39)14-15-34(36,21-33)19-24-6-2-1-3-7-24/h1-9,12-13,18,20,23,25H,10-11,14-17,19,21-22,36H2. The molecule has 2 N–H and O–H groups in total. The van der Waals surface area contributed by atoms with Crippen LogP contribution in [0.5, 0.6) is 11.5 Å². The Morgan fingerprint density at radius 2 is 1.75 bits per heavy atom. The molecule has 3 aromatic carbocycles. The van der Waals surface area contributed by atoms with Crippen molar-refractivity contribution in [3.8, 4) is 22.6 Å². The number of nitrogens with two attached hydrogens (primary N) is 1. The second-order valence-corrected chi connectivity index (χ2v) is 12.2. The van der Waals surface area contributed by atoms with Gasteiger partial charge in [-0.05, 0) is 91.2 Å². The molecule has 5 nitrogen and oxygen atoms in total. The van der Waals surface area contributed by atoms with Gasteiger partial charge in [0.05, 0.1) is 6.20 Å². The van der Waals surface area contributed by atoms with Crippen molar-refractivity contribution in [1.29, 1.82) is 0 Å². The van der Waals surface area contributed by atoms with E-state index in [4.69, 9.17) is 10.5 Å². The molecule has 2 aliphatic carbocycles. The molecule has 6 heteroatoms. The first-order valence-electron chi connectivity index (χ1n) is 14.4. The molecule has 7 rings (SSSR count). The maximum Gasteiger partial charge on any atom is 0.188 e. The fourth-order valence-corrected chi connectivity index (χ4v) is 7.09. The summed E-state index contributed by atoms with van der Waals surface area (Å²) >= 11 is 0. The molecule has 2 unspecified atom stereocenters. The zero-order chi connectivity index (χ0) is 27.2. The number of benzene rings is 3. The van der Waals surface area contributed by atoms with Crippen molar-refractivity contribution in [3.63, 3.8) is 0 Å². The van der Waals surface area contributed by atoms with Crippen molar-refractivity contribution in [2.75, 3.05) is 18.0 Å². The summed E-state index contributed by atoms with van der Waals surface area (Å²) in [5.41, 5.74) is 11.3. The summed E-state index contributed by atoms with van der Waals surface area (Å²) in [5.74, 6) is 2.25. The maximum atomic E-state index is 14.5.